The molecule has 0 saturated heterocycles. The van der Waals surface area contributed by atoms with E-state index in [1.54, 1.807) is 0 Å². The highest BCUT2D eigenvalue weighted by atomic mass is 16.5. The first-order valence-electron chi connectivity index (χ1n) is 7.93. The van der Waals surface area contributed by atoms with Crippen LogP contribution in [0, 0.1) is 5.41 Å². The summed E-state index contributed by atoms with van der Waals surface area (Å²) in [5.41, 5.74) is 1.01. The van der Waals surface area contributed by atoms with E-state index in [-0.39, 0.29) is 6.61 Å². The minimum atomic E-state index is -0.405. The van der Waals surface area contributed by atoms with Crippen molar-refractivity contribution in [1.29, 1.82) is 0 Å². The van der Waals surface area contributed by atoms with E-state index in [9.17, 15) is 5.11 Å². The highest BCUT2D eigenvalue weighted by Gasteiger charge is 2.30. The lowest BCUT2D eigenvalue weighted by Crippen LogP contribution is -2.46. The van der Waals surface area contributed by atoms with Gasteiger partial charge < -0.3 is 15.2 Å². The number of aliphatic hydroxyl groups is 1. The van der Waals surface area contributed by atoms with Gasteiger partial charge in [-0.25, -0.2) is 0 Å². The SMILES string of the molecule is CCNC(CO)(CCOCCC(C)(C)C)c1ccccc1. The molecular formula is C18H31NO2. The fraction of sp³-hybridized carbons (Fsp3) is 0.667. The van der Waals surface area contributed by atoms with Gasteiger partial charge in [-0.3, -0.25) is 0 Å². The molecule has 120 valence electrons. The Balaban J connectivity index is 2.59. The van der Waals surface area contributed by atoms with Crippen molar-refractivity contribution in [1.82, 2.24) is 5.32 Å². The third kappa shape index (κ3) is 6.16. The Hall–Kier alpha value is -0.900. The van der Waals surface area contributed by atoms with Gasteiger partial charge in [-0.1, -0.05) is 58.0 Å². The minimum Gasteiger partial charge on any atom is -0.394 e. The maximum Gasteiger partial charge on any atom is 0.0691 e. The van der Waals surface area contributed by atoms with Gasteiger partial charge in [0, 0.05) is 13.2 Å². The number of nitrogens with one attached hydrogen (secondary N) is 1. The Kier molecular flexibility index (Phi) is 7.36. The van der Waals surface area contributed by atoms with Gasteiger partial charge in [0.25, 0.3) is 0 Å². The van der Waals surface area contributed by atoms with E-state index < -0.39 is 5.54 Å². The third-order valence-corrected chi connectivity index (χ3v) is 3.78. The van der Waals surface area contributed by atoms with Crippen LogP contribution in [0.15, 0.2) is 30.3 Å². The number of ether oxygens (including phenoxy) is 1. The van der Waals surface area contributed by atoms with Crippen molar-refractivity contribution < 1.29 is 9.84 Å². The number of benzene rings is 1. The predicted octanol–water partition coefficient (Wildman–Crippen LogP) is 3.33. The molecule has 3 nitrogen and oxygen atoms in total. The molecule has 1 aromatic carbocycles. The fourth-order valence-corrected chi connectivity index (χ4v) is 2.38. The highest BCUT2D eigenvalue weighted by molar-refractivity contribution is 5.24. The van der Waals surface area contributed by atoms with Crippen molar-refractivity contribution in [3.05, 3.63) is 35.9 Å². The van der Waals surface area contributed by atoms with Crippen LogP contribution in [0.4, 0.5) is 0 Å². The van der Waals surface area contributed by atoms with Crippen molar-refractivity contribution in [3.8, 4) is 0 Å². The first kappa shape index (κ1) is 18.1. The van der Waals surface area contributed by atoms with Crippen molar-refractivity contribution in [2.45, 2.75) is 46.1 Å². The smallest absolute Gasteiger partial charge is 0.0691 e. The van der Waals surface area contributed by atoms with E-state index in [2.05, 4.69) is 45.1 Å². The second kappa shape index (κ2) is 8.52. The molecular weight excluding hydrogens is 262 g/mol. The molecule has 0 amide bonds. The molecule has 0 aliphatic heterocycles. The molecule has 0 fully saturated rings. The molecule has 21 heavy (non-hydrogen) atoms. The number of rotatable bonds is 9. The Labute approximate surface area is 129 Å². The van der Waals surface area contributed by atoms with Crippen molar-refractivity contribution in [3.63, 3.8) is 0 Å². The maximum absolute atomic E-state index is 9.93. The maximum atomic E-state index is 9.93. The molecule has 0 heterocycles. The van der Waals surface area contributed by atoms with Crippen LogP contribution in [0.5, 0.6) is 0 Å². The van der Waals surface area contributed by atoms with Crippen molar-refractivity contribution in [2.24, 2.45) is 5.41 Å². The monoisotopic (exact) mass is 293 g/mol. The van der Waals surface area contributed by atoms with Gasteiger partial charge in [0.1, 0.15) is 0 Å². The highest BCUT2D eigenvalue weighted by Crippen LogP contribution is 2.25. The molecule has 0 aliphatic rings. The summed E-state index contributed by atoms with van der Waals surface area (Å²) >= 11 is 0. The van der Waals surface area contributed by atoms with Crippen LogP contribution in [0.3, 0.4) is 0 Å². The molecule has 3 heteroatoms. The van der Waals surface area contributed by atoms with Crippen molar-refractivity contribution >= 4 is 0 Å². The Bertz CT molecular complexity index is 386. The lowest BCUT2D eigenvalue weighted by atomic mass is 9.87. The average Bonchev–Trinajstić information content (AvgIpc) is 2.45. The number of hydrogen-bond acceptors (Lipinski definition) is 3. The second-order valence-corrected chi connectivity index (χ2v) is 6.81. The van der Waals surface area contributed by atoms with Gasteiger partial charge in [-0.15, -0.1) is 0 Å². The van der Waals surface area contributed by atoms with Crippen LogP contribution in [0.2, 0.25) is 0 Å². The van der Waals surface area contributed by atoms with Gasteiger partial charge in [0.05, 0.1) is 12.1 Å². The molecule has 1 unspecified atom stereocenters. The van der Waals surface area contributed by atoms with Crippen LogP contribution in [0.25, 0.3) is 0 Å². The largest absolute Gasteiger partial charge is 0.394 e. The zero-order valence-corrected chi connectivity index (χ0v) is 14.0. The van der Waals surface area contributed by atoms with Crippen LogP contribution >= 0.6 is 0 Å². The van der Waals surface area contributed by atoms with Crippen LogP contribution in [-0.4, -0.2) is 31.5 Å². The van der Waals surface area contributed by atoms with Gasteiger partial charge in [0.15, 0.2) is 0 Å². The minimum absolute atomic E-state index is 0.0769. The quantitative estimate of drug-likeness (QED) is 0.686. The standard InChI is InChI=1S/C18H31NO2/c1-5-19-18(15-20,16-9-7-6-8-10-16)12-14-21-13-11-17(2,3)4/h6-10,19-20H,5,11-15H2,1-4H3. The summed E-state index contributed by atoms with van der Waals surface area (Å²) in [7, 11) is 0. The molecule has 0 aromatic heterocycles. The summed E-state index contributed by atoms with van der Waals surface area (Å²) < 4.78 is 5.78. The first-order valence-corrected chi connectivity index (χ1v) is 7.93. The Morgan fingerprint density at radius 2 is 1.67 bits per heavy atom. The number of aliphatic hydroxyl groups excluding tert-OH is 1. The zero-order valence-electron chi connectivity index (χ0n) is 14.0. The van der Waals surface area contributed by atoms with E-state index in [1.807, 2.05) is 18.2 Å². The van der Waals surface area contributed by atoms with Crippen LogP contribution < -0.4 is 5.32 Å². The number of hydrogen-bond donors (Lipinski definition) is 2. The Morgan fingerprint density at radius 3 is 2.19 bits per heavy atom. The summed E-state index contributed by atoms with van der Waals surface area (Å²) in [6.07, 6.45) is 1.82. The van der Waals surface area contributed by atoms with Crippen LogP contribution in [-0.2, 0) is 10.3 Å². The van der Waals surface area contributed by atoms with Crippen LogP contribution in [0.1, 0.15) is 46.1 Å². The summed E-state index contributed by atoms with van der Waals surface area (Å²) in [6.45, 7) is 11.0. The normalized spacial score (nSPS) is 14.9. The molecule has 1 rings (SSSR count). The average molecular weight is 293 g/mol. The molecule has 0 bridgehead atoms. The predicted molar refractivity (Wildman–Crippen MR) is 88.4 cm³/mol. The molecule has 0 spiro atoms. The van der Waals surface area contributed by atoms with Gasteiger partial charge in [0.2, 0.25) is 0 Å². The summed E-state index contributed by atoms with van der Waals surface area (Å²) in [6, 6.07) is 10.1. The van der Waals surface area contributed by atoms with Gasteiger partial charge in [-0.2, -0.15) is 0 Å². The van der Waals surface area contributed by atoms with Gasteiger partial charge >= 0.3 is 0 Å². The third-order valence-electron chi connectivity index (χ3n) is 3.78. The van der Waals surface area contributed by atoms with E-state index in [0.29, 0.717) is 12.0 Å². The molecule has 1 atom stereocenters. The van der Waals surface area contributed by atoms with Gasteiger partial charge in [-0.05, 0) is 30.4 Å². The fourth-order valence-electron chi connectivity index (χ4n) is 2.38. The van der Waals surface area contributed by atoms with E-state index in [0.717, 1.165) is 31.6 Å². The second-order valence-electron chi connectivity index (χ2n) is 6.81. The van der Waals surface area contributed by atoms with E-state index in [4.69, 9.17) is 4.74 Å². The molecule has 0 radical (unpaired) electrons. The number of likely N-dealkylation sites (N-methyl/N-ethyl adjacent to an activating group) is 1. The Morgan fingerprint density at radius 1 is 1.05 bits per heavy atom. The first-order chi connectivity index (χ1) is 9.93. The van der Waals surface area contributed by atoms with E-state index >= 15 is 0 Å². The molecule has 0 saturated carbocycles. The zero-order chi connectivity index (χ0) is 15.8. The molecule has 1 aromatic rings. The van der Waals surface area contributed by atoms with Crippen molar-refractivity contribution in [2.75, 3.05) is 26.4 Å². The molecule has 2 N–H and O–H groups in total. The lowest BCUT2D eigenvalue weighted by Gasteiger charge is -2.33. The summed E-state index contributed by atoms with van der Waals surface area (Å²) in [4.78, 5) is 0. The van der Waals surface area contributed by atoms with E-state index in [1.165, 1.54) is 0 Å². The lowest BCUT2D eigenvalue weighted by molar-refractivity contribution is 0.0673. The topological polar surface area (TPSA) is 41.5 Å². The summed E-state index contributed by atoms with van der Waals surface area (Å²) in [5, 5.41) is 13.4. The summed E-state index contributed by atoms with van der Waals surface area (Å²) in [5.74, 6) is 0. The molecule has 0 aliphatic carbocycles.